The van der Waals surface area contributed by atoms with Crippen LogP contribution in [-0.4, -0.2) is 15.8 Å². The number of halogens is 2. The lowest BCUT2D eigenvalue weighted by atomic mass is 10.0. The van der Waals surface area contributed by atoms with E-state index in [1.165, 1.54) is 18.2 Å². The van der Waals surface area contributed by atoms with Gasteiger partial charge in [0.25, 0.3) is 11.6 Å². The predicted octanol–water partition coefficient (Wildman–Crippen LogP) is 5.19. The molecule has 0 bridgehead atoms. The van der Waals surface area contributed by atoms with Crippen molar-refractivity contribution < 1.29 is 9.72 Å². The monoisotopic (exact) mass is 401 g/mol. The fourth-order valence-corrected chi connectivity index (χ4v) is 3.78. The van der Waals surface area contributed by atoms with Gasteiger partial charge in [-0.15, -0.1) is 0 Å². The van der Waals surface area contributed by atoms with Gasteiger partial charge < -0.3 is 5.32 Å². The number of carbonyl (C=O) groups is 1. The van der Waals surface area contributed by atoms with Crippen molar-refractivity contribution >= 4 is 51.4 Å². The van der Waals surface area contributed by atoms with E-state index in [-0.39, 0.29) is 16.4 Å². The lowest BCUT2D eigenvalue weighted by Crippen LogP contribution is -2.16. The van der Waals surface area contributed by atoms with Gasteiger partial charge in [-0.3, -0.25) is 19.9 Å². The summed E-state index contributed by atoms with van der Waals surface area (Å²) in [7, 11) is 0. The van der Waals surface area contributed by atoms with Crippen molar-refractivity contribution in [3.8, 4) is 0 Å². The molecule has 1 aromatic heterocycles. The number of benzene rings is 2. The van der Waals surface area contributed by atoms with Crippen molar-refractivity contribution in [2.75, 3.05) is 5.32 Å². The van der Waals surface area contributed by atoms with E-state index in [4.69, 9.17) is 23.2 Å². The molecule has 3 aromatic rings. The van der Waals surface area contributed by atoms with Gasteiger partial charge in [-0.05, 0) is 55.2 Å². The number of hydrogen-bond donors (Lipinski definition) is 1. The van der Waals surface area contributed by atoms with E-state index < -0.39 is 10.8 Å². The number of nitro benzene ring substituents is 1. The molecule has 27 heavy (non-hydrogen) atoms. The lowest BCUT2D eigenvalue weighted by Gasteiger charge is -2.13. The number of pyridine rings is 1. The molecule has 0 atom stereocenters. The summed E-state index contributed by atoms with van der Waals surface area (Å²) in [6, 6.07) is 9.34. The first-order valence-corrected chi connectivity index (χ1v) is 9.06. The normalized spacial score (nSPS) is 12.8. The fraction of sp³-hybridized carbons (Fsp3) is 0.158. The molecule has 1 aliphatic carbocycles. The fourth-order valence-electron chi connectivity index (χ4n) is 3.44. The quantitative estimate of drug-likeness (QED) is 0.483. The summed E-state index contributed by atoms with van der Waals surface area (Å²) in [5.41, 5.74) is 2.74. The van der Waals surface area contributed by atoms with Crippen molar-refractivity contribution in [2.24, 2.45) is 0 Å². The van der Waals surface area contributed by atoms with Gasteiger partial charge in [-0.1, -0.05) is 23.2 Å². The van der Waals surface area contributed by atoms with Crippen LogP contribution in [0.4, 0.5) is 11.4 Å². The van der Waals surface area contributed by atoms with Crippen LogP contribution >= 0.6 is 23.2 Å². The summed E-state index contributed by atoms with van der Waals surface area (Å²) in [5.74, 6) is -0.423. The SMILES string of the molecule is O=C(Nc1ccc(Cl)cc1[N+](=O)[O-])c1c2c(nc3ccc(Cl)cc13)CCC2. The molecule has 1 N–H and O–H groups in total. The number of hydrogen-bond acceptors (Lipinski definition) is 4. The van der Waals surface area contributed by atoms with Crippen LogP contribution in [0.3, 0.4) is 0 Å². The number of aromatic nitrogens is 1. The van der Waals surface area contributed by atoms with Gasteiger partial charge in [0.1, 0.15) is 5.69 Å². The number of aryl methyl sites for hydroxylation is 1. The van der Waals surface area contributed by atoms with Gasteiger partial charge in [-0.25, -0.2) is 0 Å². The highest BCUT2D eigenvalue weighted by atomic mass is 35.5. The molecule has 8 heteroatoms. The van der Waals surface area contributed by atoms with E-state index in [0.717, 1.165) is 30.5 Å². The van der Waals surface area contributed by atoms with Crippen molar-refractivity contribution in [3.05, 3.63) is 73.4 Å². The molecule has 1 heterocycles. The molecule has 0 saturated heterocycles. The number of nitrogens with zero attached hydrogens (tertiary/aromatic N) is 2. The molecule has 1 aliphatic rings. The third-order valence-electron chi connectivity index (χ3n) is 4.61. The smallest absolute Gasteiger partial charge is 0.294 e. The predicted molar refractivity (Wildman–Crippen MR) is 105 cm³/mol. The van der Waals surface area contributed by atoms with Crippen LogP contribution in [0.2, 0.25) is 10.0 Å². The molecule has 0 unspecified atom stereocenters. The van der Waals surface area contributed by atoms with Crippen LogP contribution < -0.4 is 5.32 Å². The summed E-state index contributed by atoms with van der Waals surface area (Å²) in [6.07, 6.45) is 2.44. The second kappa shape index (κ2) is 6.79. The van der Waals surface area contributed by atoms with Crippen LogP contribution in [0.15, 0.2) is 36.4 Å². The van der Waals surface area contributed by atoms with Crippen LogP contribution in [0.5, 0.6) is 0 Å². The van der Waals surface area contributed by atoms with Crippen LogP contribution in [0.1, 0.15) is 28.0 Å². The topological polar surface area (TPSA) is 85.1 Å². The van der Waals surface area contributed by atoms with E-state index in [9.17, 15) is 14.9 Å². The number of fused-ring (bicyclic) bond motifs is 2. The molecule has 136 valence electrons. The highest BCUT2D eigenvalue weighted by molar-refractivity contribution is 6.32. The summed E-state index contributed by atoms with van der Waals surface area (Å²) in [4.78, 5) is 28.5. The molecule has 0 spiro atoms. The first-order chi connectivity index (χ1) is 12.9. The van der Waals surface area contributed by atoms with Crippen molar-refractivity contribution in [1.82, 2.24) is 4.98 Å². The molecule has 0 aliphatic heterocycles. The Bertz CT molecular complexity index is 1120. The molecule has 0 fully saturated rings. The number of anilines is 1. The van der Waals surface area contributed by atoms with E-state index in [0.29, 0.717) is 21.5 Å². The average Bonchev–Trinajstić information content (AvgIpc) is 3.08. The summed E-state index contributed by atoms with van der Waals surface area (Å²) < 4.78 is 0. The number of nitro groups is 1. The first kappa shape index (κ1) is 17.7. The summed E-state index contributed by atoms with van der Waals surface area (Å²) in [6.45, 7) is 0. The Labute approximate surface area is 164 Å². The number of rotatable bonds is 3. The minimum atomic E-state index is -0.576. The second-order valence-corrected chi connectivity index (χ2v) is 7.17. The standard InChI is InChI=1S/C19H13Cl2N3O3/c20-10-4-6-15-13(8-10)18(12-2-1-3-14(12)22-15)19(25)23-16-7-5-11(21)9-17(16)24(26)27/h4-9H,1-3H2,(H,23,25). The molecule has 4 rings (SSSR count). The van der Waals surface area contributed by atoms with Gasteiger partial charge in [0, 0.05) is 27.2 Å². The van der Waals surface area contributed by atoms with E-state index in [2.05, 4.69) is 10.3 Å². The van der Waals surface area contributed by atoms with Gasteiger partial charge in [-0.2, -0.15) is 0 Å². The second-order valence-electron chi connectivity index (χ2n) is 6.30. The largest absolute Gasteiger partial charge is 0.316 e. The van der Waals surface area contributed by atoms with Crippen molar-refractivity contribution in [3.63, 3.8) is 0 Å². The summed E-state index contributed by atoms with van der Waals surface area (Å²) >= 11 is 12.0. The molecular formula is C19H13Cl2N3O3. The minimum absolute atomic E-state index is 0.0909. The van der Waals surface area contributed by atoms with Crippen LogP contribution in [-0.2, 0) is 12.8 Å². The zero-order valence-electron chi connectivity index (χ0n) is 14.0. The molecule has 1 amide bonds. The van der Waals surface area contributed by atoms with E-state index in [1.54, 1.807) is 18.2 Å². The van der Waals surface area contributed by atoms with Crippen LogP contribution in [0.25, 0.3) is 10.9 Å². The Morgan fingerprint density at radius 1 is 1.11 bits per heavy atom. The minimum Gasteiger partial charge on any atom is -0.316 e. The maximum atomic E-state index is 13.1. The lowest BCUT2D eigenvalue weighted by molar-refractivity contribution is -0.383. The zero-order chi connectivity index (χ0) is 19.1. The Kier molecular flexibility index (Phi) is 4.45. The highest BCUT2D eigenvalue weighted by Crippen LogP contribution is 2.33. The number of amides is 1. The zero-order valence-corrected chi connectivity index (χ0v) is 15.5. The molecular weight excluding hydrogens is 389 g/mol. The third-order valence-corrected chi connectivity index (χ3v) is 5.08. The Balaban J connectivity index is 1.85. The molecule has 6 nitrogen and oxygen atoms in total. The Hall–Kier alpha value is -2.70. The van der Waals surface area contributed by atoms with Gasteiger partial charge in [0.15, 0.2) is 0 Å². The Morgan fingerprint density at radius 2 is 1.85 bits per heavy atom. The number of carbonyl (C=O) groups excluding carboxylic acids is 1. The third kappa shape index (κ3) is 3.22. The molecule has 2 aromatic carbocycles. The molecule has 0 saturated carbocycles. The van der Waals surface area contributed by atoms with E-state index >= 15 is 0 Å². The van der Waals surface area contributed by atoms with Crippen LogP contribution in [0, 0.1) is 10.1 Å². The Morgan fingerprint density at radius 3 is 2.63 bits per heavy atom. The maximum absolute atomic E-state index is 13.1. The summed E-state index contributed by atoms with van der Waals surface area (Å²) in [5, 5.41) is 15.3. The van der Waals surface area contributed by atoms with Crippen molar-refractivity contribution in [1.29, 1.82) is 0 Å². The maximum Gasteiger partial charge on any atom is 0.294 e. The van der Waals surface area contributed by atoms with Gasteiger partial charge >= 0.3 is 0 Å². The van der Waals surface area contributed by atoms with Gasteiger partial charge in [0.2, 0.25) is 0 Å². The highest BCUT2D eigenvalue weighted by Gasteiger charge is 2.25. The molecule has 0 radical (unpaired) electrons. The van der Waals surface area contributed by atoms with Crippen molar-refractivity contribution in [2.45, 2.75) is 19.3 Å². The van der Waals surface area contributed by atoms with E-state index in [1.807, 2.05) is 0 Å². The first-order valence-electron chi connectivity index (χ1n) is 8.30. The van der Waals surface area contributed by atoms with Gasteiger partial charge in [0.05, 0.1) is 16.0 Å². The average molecular weight is 402 g/mol. The number of nitrogens with one attached hydrogen (secondary N) is 1.